The van der Waals surface area contributed by atoms with Crippen LogP contribution in [0.25, 0.3) is 11.3 Å². The monoisotopic (exact) mass is 248 g/mol. The zero-order chi connectivity index (χ0) is 13.1. The van der Waals surface area contributed by atoms with E-state index in [0.717, 1.165) is 6.42 Å². The molecular weight excluding hydrogens is 235 g/mol. The standard InChI is InChI=1S/C13H13FN2O2/c1-2-7-16-12(5-6-15-16)10-8-9(13(17)18)3-4-11(10)14/h3-6,8H,2,7H2,1H3,(H,17,18). The summed E-state index contributed by atoms with van der Waals surface area (Å²) in [4.78, 5) is 10.9. The Labute approximate surface area is 104 Å². The van der Waals surface area contributed by atoms with Gasteiger partial charge in [-0.15, -0.1) is 0 Å². The van der Waals surface area contributed by atoms with Crippen molar-refractivity contribution in [3.63, 3.8) is 0 Å². The summed E-state index contributed by atoms with van der Waals surface area (Å²) in [6.45, 7) is 2.66. The van der Waals surface area contributed by atoms with Crippen LogP contribution in [-0.2, 0) is 6.54 Å². The van der Waals surface area contributed by atoms with Crippen LogP contribution >= 0.6 is 0 Å². The van der Waals surface area contributed by atoms with Crippen molar-refractivity contribution in [2.75, 3.05) is 0 Å². The van der Waals surface area contributed by atoms with Crippen LogP contribution in [0.2, 0.25) is 0 Å². The minimum absolute atomic E-state index is 0.0654. The third-order valence-electron chi connectivity index (χ3n) is 2.64. The van der Waals surface area contributed by atoms with Gasteiger partial charge in [-0.25, -0.2) is 9.18 Å². The van der Waals surface area contributed by atoms with Gasteiger partial charge in [-0.3, -0.25) is 4.68 Å². The first-order valence-corrected chi connectivity index (χ1v) is 5.68. The van der Waals surface area contributed by atoms with E-state index in [-0.39, 0.29) is 11.1 Å². The fraction of sp³-hybridized carbons (Fsp3) is 0.231. The summed E-state index contributed by atoms with van der Waals surface area (Å²) in [6.07, 6.45) is 2.45. The first-order valence-electron chi connectivity index (χ1n) is 5.68. The smallest absolute Gasteiger partial charge is 0.335 e. The summed E-state index contributed by atoms with van der Waals surface area (Å²) in [5.74, 6) is -1.52. The number of halogens is 1. The Hall–Kier alpha value is -2.17. The van der Waals surface area contributed by atoms with Crippen LogP contribution in [0.4, 0.5) is 4.39 Å². The number of carboxylic acids is 1. The zero-order valence-corrected chi connectivity index (χ0v) is 9.93. The van der Waals surface area contributed by atoms with Crippen LogP contribution in [-0.4, -0.2) is 20.9 Å². The van der Waals surface area contributed by atoms with E-state index >= 15 is 0 Å². The molecule has 1 N–H and O–H groups in total. The van der Waals surface area contributed by atoms with Crippen LogP contribution in [0, 0.1) is 5.82 Å². The van der Waals surface area contributed by atoms with E-state index in [2.05, 4.69) is 5.10 Å². The average Bonchev–Trinajstić information content (AvgIpc) is 2.78. The third kappa shape index (κ3) is 2.25. The van der Waals surface area contributed by atoms with Crippen molar-refractivity contribution in [3.05, 3.63) is 41.8 Å². The van der Waals surface area contributed by atoms with Crippen molar-refractivity contribution in [1.29, 1.82) is 0 Å². The molecule has 0 atom stereocenters. The van der Waals surface area contributed by atoms with E-state index in [4.69, 9.17) is 5.11 Å². The second kappa shape index (κ2) is 5.00. The van der Waals surface area contributed by atoms with Gasteiger partial charge in [-0.1, -0.05) is 6.92 Å². The Morgan fingerprint density at radius 3 is 2.89 bits per heavy atom. The lowest BCUT2D eigenvalue weighted by Crippen LogP contribution is -2.03. The molecule has 18 heavy (non-hydrogen) atoms. The fourth-order valence-corrected chi connectivity index (χ4v) is 1.81. The number of aryl methyl sites for hydroxylation is 1. The normalized spacial score (nSPS) is 10.6. The SMILES string of the molecule is CCCn1nccc1-c1cc(C(=O)O)ccc1F. The summed E-state index contributed by atoms with van der Waals surface area (Å²) in [5.41, 5.74) is 0.925. The van der Waals surface area contributed by atoms with E-state index < -0.39 is 11.8 Å². The molecule has 0 fully saturated rings. The number of benzene rings is 1. The molecule has 2 rings (SSSR count). The van der Waals surface area contributed by atoms with Crippen LogP contribution in [0.5, 0.6) is 0 Å². The van der Waals surface area contributed by atoms with Crippen LogP contribution < -0.4 is 0 Å². The lowest BCUT2D eigenvalue weighted by atomic mass is 10.1. The number of hydrogen-bond acceptors (Lipinski definition) is 2. The van der Waals surface area contributed by atoms with Crippen LogP contribution in [0.1, 0.15) is 23.7 Å². The number of aromatic nitrogens is 2. The number of rotatable bonds is 4. The number of aromatic carboxylic acids is 1. The maximum Gasteiger partial charge on any atom is 0.335 e. The highest BCUT2D eigenvalue weighted by Gasteiger charge is 2.13. The zero-order valence-electron chi connectivity index (χ0n) is 9.93. The first-order chi connectivity index (χ1) is 8.63. The van der Waals surface area contributed by atoms with E-state index in [9.17, 15) is 9.18 Å². The molecule has 94 valence electrons. The highest BCUT2D eigenvalue weighted by Crippen LogP contribution is 2.24. The van der Waals surface area contributed by atoms with E-state index in [1.54, 1.807) is 16.9 Å². The van der Waals surface area contributed by atoms with Crippen molar-refractivity contribution in [1.82, 2.24) is 9.78 Å². The second-order valence-corrected chi connectivity index (χ2v) is 3.94. The molecule has 0 radical (unpaired) electrons. The molecule has 0 aliphatic rings. The quantitative estimate of drug-likeness (QED) is 0.905. The maximum absolute atomic E-state index is 13.8. The molecule has 1 aromatic carbocycles. The largest absolute Gasteiger partial charge is 0.478 e. The molecule has 5 heteroatoms. The minimum Gasteiger partial charge on any atom is -0.478 e. The molecule has 0 saturated heterocycles. The van der Waals surface area contributed by atoms with Gasteiger partial charge < -0.3 is 5.11 Å². The lowest BCUT2D eigenvalue weighted by molar-refractivity contribution is 0.0697. The van der Waals surface area contributed by atoms with Gasteiger partial charge in [0.15, 0.2) is 0 Å². The second-order valence-electron chi connectivity index (χ2n) is 3.94. The number of nitrogens with zero attached hydrogens (tertiary/aromatic N) is 2. The minimum atomic E-state index is -1.07. The van der Waals surface area contributed by atoms with E-state index in [0.29, 0.717) is 12.2 Å². The molecular formula is C13H13FN2O2. The molecule has 0 saturated carbocycles. The molecule has 1 aromatic heterocycles. The van der Waals surface area contributed by atoms with Gasteiger partial charge in [-0.05, 0) is 30.7 Å². The summed E-state index contributed by atoms with van der Waals surface area (Å²) in [7, 11) is 0. The Bertz CT molecular complexity index is 578. The van der Waals surface area contributed by atoms with Crippen molar-refractivity contribution >= 4 is 5.97 Å². The van der Waals surface area contributed by atoms with Crippen molar-refractivity contribution in [3.8, 4) is 11.3 Å². The third-order valence-corrected chi connectivity index (χ3v) is 2.64. The van der Waals surface area contributed by atoms with Gasteiger partial charge in [0.1, 0.15) is 5.82 Å². The van der Waals surface area contributed by atoms with Gasteiger partial charge in [0.2, 0.25) is 0 Å². The maximum atomic E-state index is 13.8. The number of hydrogen-bond donors (Lipinski definition) is 1. The predicted octanol–water partition coefficient (Wildman–Crippen LogP) is 2.80. The lowest BCUT2D eigenvalue weighted by Gasteiger charge is -2.08. The molecule has 1 heterocycles. The molecule has 0 bridgehead atoms. The Balaban J connectivity index is 2.52. The number of carboxylic acid groups (broad SMARTS) is 1. The van der Waals surface area contributed by atoms with Crippen molar-refractivity contribution < 1.29 is 14.3 Å². The molecule has 0 unspecified atom stereocenters. The van der Waals surface area contributed by atoms with Crippen molar-refractivity contribution in [2.45, 2.75) is 19.9 Å². The summed E-state index contributed by atoms with van der Waals surface area (Å²) < 4.78 is 15.5. The highest BCUT2D eigenvalue weighted by molar-refractivity contribution is 5.89. The van der Waals surface area contributed by atoms with Gasteiger partial charge in [-0.2, -0.15) is 5.10 Å². The molecule has 0 aliphatic heterocycles. The van der Waals surface area contributed by atoms with Gasteiger partial charge in [0, 0.05) is 18.3 Å². The van der Waals surface area contributed by atoms with Gasteiger partial charge in [0.25, 0.3) is 0 Å². The molecule has 4 nitrogen and oxygen atoms in total. The van der Waals surface area contributed by atoms with Gasteiger partial charge >= 0.3 is 5.97 Å². The molecule has 0 amide bonds. The Kier molecular flexibility index (Phi) is 3.41. The topological polar surface area (TPSA) is 55.1 Å². The molecule has 0 spiro atoms. The van der Waals surface area contributed by atoms with Crippen LogP contribution in [0.15, 0.2) is 30.5 Å². The summed E-state index contributed by atoms with van der Waals surface area (Å²) in [5, 5.41) is 13.0. The molecule has 0 aliphatic carbocycles. The Morgan fingerprint density at radius 2 is 2.22 bits per heavy atom. The van der Waals surface area contributed by atoms with Gasteiger partial charge in [0.05, 0.1) is 11.3 Å². The summed E-state index contributed by atoms with van der Waals surface area (Å²) in [6, 6.07) is 5.43. The Morgan fingerprint density at radius 1 is 1.44 bits per heavy atom. The van der Waals surface area contributed by atoms with Crippen molar-refractivity contribution in [2.24, 2.45) is 0 Å². The van der Waals surface area contributed by atoms with E-state index in [1.165, 1.54) is 18.2 Å². The van der Waals surface area contributed by atoms with Crippen LogP contribution in [0.3, 0.4) is 0 Å². The number of carbonyl (C=O) groups is 1. The van der Waals surface area contributed by atoms with E-state index in [1.807, 2.05) is 6.92 Å². The highest BCUT2D eigenvalue weighted by atomic mass is 19.1. The summed E-state index contributed by atoms with van der Waals surface area (Å²) >= 11 is 0. The average molecular weight is 248 g/mol. The first kappa shape index (κ1) is 12.3. The predicted molar refractivity (Wildman–Crippen MR) is 64.9 cm³/mol. The molecule has 2 aromatic rings. The fourth-order valence-electron chi connectivity index (χ4n) is 1.81.